The summed E-state index contributed by atoms with van der Waals surface area (Å²) in [7, 11) is 0. The van der Waals surface area contributed by atoms with Crippen molar-refractivity contribution >= 4 is 28.7 Å². The van der Waals surface area contributed by atoms with Gasteiger partial charge in [0.15, 0.2) is 0 Å². The van der Waals surface area contributed by atoms with E-state index in [1.54, 1.807) is 19.1 Å². The fourth-order valence-electron chi connectivity index (χ4n) is 2.25. The summed E-state index contributed by atoms with van der Waals surface area (Å²) in [6.45, 7) is 2.46. The molecule has 4 nitrogen and oxygen atoms in total. The molecule has 2 N–H and O–H groups in total. The highest BCUT2D eigenvalue weighted by atomic mass is 32.1. The van der Waals surface area contributed by atoms with Crippen LogP contribution in [-0.4, -0.2) is 24.9 Å². The van der Waals surface area contributed by atoms with Crippen molar-refractivity contribution in [2.75, 3.05) is 13.1 Å². The molecule has 0 spiro atoms. The van der Waals surface area contributed by atoms with Gasteiger partial charge in [0, 0.05) is 19.2 Å². The Labute approximate surface area is 159 Å². The maximum Gasteiger partial charge on any atom is 0.416 e. The number of nitrogens with one attached hydrogen (secondary N) is 2. The lowest BCUT2D eigenvalue weighted by Crippen LogP contribution is -2.28. The highest BCUT2D eigenvalue weighted by Crippen LogP contribution is 2.29. The standard InChI is InChI=1S/C19H19F3N2O2S/c1-13(14-5-7-15(8-6-14)19(20,21)22)12-17(25)23-9-3-10-24-18(26)16-4-2-11-27-16/h2,4-8,11-12H,3,9-10H2,1H3,(H,23,25)(H,24,26)/b13-12-. The number of rotatable bonds is 7. The molecule has 144 valence electrons. The fourth-order valence-corrected chi connectivity index (χ4v) is 2.89. The Morgan fingerprint density at radius 2 is 1.74 bits per heavy atom. The Morgan fingerprint density at radius 3 is 2.33 bits per heavy atom. The summed E-state index contributed by atoms with van der Waals surface area (Å²) in [5.74, 6) is -0.480. The molecule has 0 saturated heterocycles. The van der Waals surface area contributed by atoms with Crippen molar-refractivity contribution in [3.05, 3.63) is 63.9 Å². The van der Waals surface area contributed by atoms with Crippen LogP contribution in [0, 0.1) is 0 Å². The molecule has 0 aliphatic heterocycles. The summed E-state index contributed by atoms with van der Waals surface area (Å²) < 4.78 is 37.7. The molecule has 2 rings (SSSR count). The molecule has 0 aliphatic carbocycles. The predicted octanol–water partition coefficient (Wildman–Crippen LogP) is 4.11. The molecule has 8 heteroatoms. The zero-order valence-electron chi connectivity index (χ0n) is 14.6. The quantitative estimate of drug-likeness (QED) is 0.547. The van der Waals surface area contributed by atoms with Crippen molar-refractivity contribution in [1.29, 1.82) is 0 Å². The van der Waals surface area contributed by atoms with Crippen LogP contribution < -0.4 is 10.6 Å². The van der Waals surface area contributed by atoms with Gasteiger partial charge in [-0.3, -0.25) is 9.59 Å². The Balaban J connectivity index is 1.74. The third-order valence-corrected chi connectivity index (χ3v) is 4.57. The van der Waals surface area contributed by atoms with E-state index in [0.29, 0.717) is 35.5 Å². The van der Waals surface area contributed by atoms with E-state index in [-0.39, 0.29) is 11.8 Å². The molecule has 0 unspecified atom stereocenters. The van der Waals surface area contributed by atoms with Crippen LogP contribution in [0.5, 0.6) is 0 Å². The van der Waals surface area contributed by atoms with Crippen LogP contribution in [0.3, 0.4) is 0 Å². The second kappa shape index (κ2) is 9.36. The smallest absolute Gasteiger partial charge is 0.352 e. The van der Waals surface area contributed by atoms with Crippen LogP contribution in [0.25, 0.3) is 5.57 Å². The van der Waals surface area contributed by atoms with Gasteiger partial charge < -0.3 is 10.6 Å². The molecule has 1 aromatic heterocycles. The number of halogens is 3. The van der Waals surface area contributed by atoms with Gasteiger partial charge in [0.05, 0.1) is 10.4 Å². The molecule has 0 atom stereocenters. The summed E-state index contributed by atoms with van der Waals surface area (Å²) in [6.07, 6.45) is -2.48. The van der Waals surface area contributed by atoms with Crippen LogP contribution >= 0.6 is 11.3 Å². The van der Waals surface area contributed by atoms with Crippen LogP contribution in [0.2, 0.25) is 0 Å². The highest BCUT2D eigenvalue weighted by Gasteiger charge is 2.29. The number of hydrogen-bond acceptors (Lipinski definition) is 3. The minimum absolute atomic E-state index is 0.144. The average molecular weight is 396 g/mol. The van der Waals surface area contributed by atoms with E-state index in [1.807, 2.05) is 5.38 Å². The number of allylic oxidation sites excluding steroid dienone is 1. The van der Waals surface area contributed by atoms with E-state index >= 15 is 0 Å². The lowest BCUT2D eigenvalue weighted by atomic mass is 10.0. The van der Waals surface area contributed by atoms with Gasteiger partial charge in [-0.1, -0.05) is 18.2 Å². The zero-order chi connectivity index (χ0) is 19.9. The third kappa shape index (κ3) is 6.56. The Bertz CT molecular complexity index is 797. The minimum atomic E-state index is -4.38. The molecule has 1 aromatic carbocycles. The second-order valence-electron chi connectivity index (χ2n) is 5.78. The van der Waals surface area contributed by atoms with Gasteiger partial charge >= 0.3 is 6.18 Å². The van der Waals surface area contributed by atoms with Crippen LogP contribution in [0.4, 0.5) is 13.2 Å². The predicted molar refractivity (Wildman–Crippen MR) is 99.4 cm³/mol. The minimum Gasteiger partial charge on any atom is -0.352 e. The molecule has 0 saturated carbocycles. The first kappa shape index (κ1) is 20.7. The molecule has 2 aromatic rings. The molecule has 0 aliphatic rings. The molecular weight excluding hydrogens is 377 g/mol. The zero-order valence-corrected chi connectivity index (χ0v) is 15.4. The number of amides is 2. The van der Waals surface area contributed by atoms with Crippen LogP contribution in [0.1, 0.15) is 34.1 Å². The number of alkyl halides is 3. The van der Waals surface area contributed by atoms with Gasteiger partial charge in [-0.25, -0.2) is 0 Å². The first-order valence-corrected chi connectivity index (χ1v) is 9.11. The normalized spacial score (nSPS) is 11.9. The molecule has 1 heterocycles. The van der Waals surface area contributed by atoms with E-state index in [9.17, 15) is 22.8 Å². The van der Waals surface area contributed by atoms with Crippen molar-refractivity contribution in [2.24, 2.45) is 0 Å². The van der Waals surface area contributed by atoms with Gasteiger partial charge in [-0.15, -0.1) is 11.3 Å². The largest absolute Gasteiger partial charge is 0.416 e. The van der Waals surface area contributed by atoms with Gasteiger partial charge in [0.25, 0.3) is 5.91 Å². The maximum absolute atomic E-state index is 12.6. The van der Waals surface area contributed by atoms with Gasteiger partial charge in [0.1, 0.15) is 0 Å². The van der Waals surface area contributed by atoms with Crippen LogP contribution in [-0.2, 0) is 11.0 Å². The number of carbonyl (C=O) groups is 2. The SMILES string of the molecule is C/C(=C/C(=O)NCCCNC(=O)c1cccs1)c1ccc(C(F)(F)F)cc1. The van der Waals surface area contributed by atoms with Gasteiger partial charge in [0.2, 0.25) is 5.91 Å². The monoisotopic (exact) mass is 396 g/mol. The number of hydrogen-bond donors (Lipinski definition) is 2. The van der Waals surface area contributed by atoms with Crippen molar-refractivity contribution in [3.63, 3.8) is 0 Å². The first-order valence-electron chi connectivity index (χ1n) is 8.23. The average Bonchev–Trinajstić information content (AvgIpc) is 3.15. The van der Waals surface area contributed by atoms with E-state index in [0.717, 1.165) is 12.1 Å². The Kier molecular flexibility index (Phi) is 7.18. The van der Waals surface area contributed by atoms with Gasteiger partial charge in [-0.2, -0.15) is 13.2 Å². The van der Waals surface area contributed by atoms with Crippen molar-refractivity contribution < 1.29 is 22.8 Å². The molecular formula is C19H19F3N2O2S. The summed E-state index contributed by atoms with van der Waals surface area (Å²) in [4.78, 5) is 24.2. The summed E-state index contributed by atoms with van der Waals surface area (Å²) in [5, 5.41) is 7.26. The molecule has 0 bridgehead atoms. The highest BCUT2D eigenvalue weighted by molar-refractivity contribution is 7.12. The van der Waals surface area contributed by atoms with E-state index < -0.39 is 11.7 Å². The van der Waals surface area contributed by atoms with E-state index in [2.05, 4.69) is 10.6 Å². The summed E-state index contributed by atoms with van der Waals surface area (Å²) in [6, 6.07) is 8.17. The molecule has 0 radical (unpaired) electrons. The Morgan fingerprint density at radius 1 is 1.07 bits per heavy atom. The summed E-state index contributed by atoms with van der Waals surface area (Å²) in [5.41, 5.74) is 0.377. The topological polar surface area (TPSA) is 58.2 Å². The molecule has 0 fully saturated rings. The van der Waals surface area contributed by atoms with Crippen molar-refractivity contribution in [2.45, 2.75) is 19.5 Å². The molecule has 27 heavy (non-hydrogen) atoms. The number of benzene rings is 1. The van der Waals surface area contributed by atoms with Crippen molar-refractivity contribution in [3.8, 4) is 0 Å². The van der Waals surface area contributed by atoms with E-state index in [1.165, 1.54) is 29.5 Å². The third-order valence-electron chi connectivity index (χ3n) is 3.70. The number of carbonyl (C=O) groups excluding carboxylic acids is 2. The molecule has 2 amide bonds. The van der Waals surface area contributed by atoms with Crippen LogP contribution in [0.15, 0.2) is 47.9 Å². The maximum atomic E-state index is 12.6. The van der Waals surface area contributed by atoms with Gasteiger partial charge in [-0.05, 0) is 48.1 Å². The Hall–Kier alpha value is -2.61. The van der Waals surface area contributed by atoms with Crippen molar-refractivity contribution in [1.82, 2.24) is 10.6 Å². The lowest BCUT2D eigenvalue weighted by Gasteiger charge is -2.08. The number of thiophene rings is 1. The van der Waals surface area contributed by atoms with E-state index in [4.69, 9.17) is 0 Å². The second-order valence-corrected chi connectivity index (χ2v) is 6.73. The fraction of sp³-hybridized carbons (Fsp3) is 0.263. The summed E-state index contributed by atoms with van der Waals surface area (Å²) >= 11 is 1.35. The lowest BCUT2D eigenvalue weighted by molar-refractivity contribution is -0.137. The first-order chi connectivity index (χ1) is 12.8.